The van der Waals surface area contributed by atoms with E-state index in [1.165, 1.54) is 17.8 Å². The van der Waals surface area contributed by atoms with Crippen LogP contribution in [0.4, 0.5) is 0 Å². The Morgan fingerprint density at radius 2 is 2.22 bits per heavy atom. The van der Waals surface area contributed by atoms with Crippen molar-refractivity contribution in [2.24, 2.45) is 0 Å². The predicted molar refractivity (Wildman–Crippen MR) is 78.6 cm³/mol. The Kier molecular flexibility index (Phi) is 8.59. The Morgan fingerprint density at radius 3 is 2.89 bits per heavy atom. The van der Waals surface area contributed by atoms with Crippen molar-refractivity contribution in [3.05, 3.63) is 16.1 Å². The minimum Gasteiger partial charge on any atom is -0.380 e. The van der Waals surface area contributed by atoms with Gasteiger partial charge in [-0.1, -0.05) is 0 Å². The van der Waals surface area contributed by atoms with Gasteiger partial charge in [0.2, 0.25) is 0 Å². The molecule has 0 spiro atoms. The zero-order valence-electron chi connectivity index (χ0n) is 11.3. The number of halogens is 1. The first-order chi connectivity index (χ1) is 8.76. The van der Waals surface area contributed by atoms with Gasteiger partial charge in [-0.05, 0) is 39.8 Å². The molecule has 104 valence electrons. The van der Waals surface area contributed by atoms with E-state index in [0.29, 0.717) is 5.88 Å². The summed E-state index contributed by atoms with van der Waals surface area (Å²) in [6.45, 7) is 5.81. The second-order valence-corrected chi connectivity index (χ2v) is 5.53. The molecule has 1 aromatic heterocycles. The van der Waals surface area contributed by atoms with Gasteiger partial charge in [0.25, 0.3) is 0 Å². The molecule has 1 heterocycles. The predicted octanol–water partition coefficient (Wildman–Crippen LogP) is 3.17. The van der Waals surface area contributed by atoms with Crippen molar-refractivity contribution in [3.63, 3.8) is 0 Å². The quantitative estimate of drug-likeness (QED) is 0.489. The number of unbranched alkanes of at least 4 members (excludes halogenated alkanes) is 1. The van der Waals surface area contributed by atoms with Gasteiger partial charge in [-0.2, -0.15) is 0 Å². The van der Waals surface area contributed by atoms with Gasteiger partial charge in [0.1, 0.15) is 0 Å². The molecule has 3 nitrogen and oxygen atoms in total. The van der Waals surface area contributed by atoms with Crippen LogP contribution in [-0.4, -0.2) is 43.2 Å². The molecule has 5 heteroatoms. The number of likely N-dealkylation sites (N-methyl/N-ethyl adjacent to an activating group) is 1. The highest BCUT2D eigenvalue weighted by Gasteiger charge is 2.02. The van der Waals surface area contributed by atoms with E-state index in [2.05, 4.69) is 22.3 Å². The average Bonchev–Trinajstić information content (AvgIpc) is 2.83. The molecule has 18 heavy (non-hydrogen) atoms. The van der Waals surface area contributed by atoms with Gasteiger partial charge in [-0.15, -0.1) is 22.9 Å². The lowest BCUT2D eigenvalue weighted by Crippen LogP contribution is -2.24. The summed E-state index contributed by atoms with van der Waals surface area (Å²) in [5.74, 6) is 0.524. The van der Waals surface area contributed by atoms with Crippen molar-refractivity contribution in [3.8, 4) is 0 Å². The summed E-state index contributed by atoms with van der Waals surface area (Å²) in [4.78, 5) is 6.78. The van der Waals surface area contributed by atoms with E-state index in [0.717, 1.165) is 38.4 Å². The minimum absolute atomic E-state index is 0.524. The first-order valence-electron chi connectivity index (χ1n) is 6.51. The van der Waals surface area contributed by atoms with Crippen LogP contribution in [0.5, 0.6) is 0 Å². The zero-order valence-corrected chi connectivity index (χ0v) is 12.9. The summed E-state index contributed by atoms with van der Waals surface area (Å²) < 4.78 is 5.33. The molecule has 0 aliphatic carbocycles. The van der Waals surface area contributed by atoms with Crippen molar-refractivity contribution in [1.29, 1.82) is 0 Å². The molecule has 0 aromatic carbocycles. The van der Waals surface area contributed by atoms with Gasteiger partial charge >= 0.3 is 0 Å². The highest BCUT2D eigenvalue weighted by atomic mass is 35.5. The number of thiazole rings is 1. The summed E-state index contributed by atoms with van der Waals surface area (Å²) >= 11 is 7.45. The highest BCUT2D eigenvalue weighted by molar-refractivity contribution is 7.09. The smallest absolute Gasteiger partial charge is 0.0928 e. The molecule has 1 rings (SSSR count). The molecule has 0 bridgehead atoms. The van der Waals surface area contributed by atoms with Crippen molar-refractivity contribution in [2.45, 2.75) is 32.1 Å². The zero-order chi connectivity index (χ0) is 13.2. The maximum Gasteiger partial charge on any atom is 0.0928 e. The Balaban J connectivity index is 2.03. The summed E-state index contributed by atoms with van der Waals surface area (Å²) in [7, 11) is 2.15. The van der Waals surface area contributed by atoms with Gasteiger partial charge < -0.3 is 9.64 Å². The van der Waals surface area contributed by atoms with Crippen LogP contribution in [0, 0.1) is 0 Å². The Hall–Kier alpha value is -0.160. The van der Waals surface area contributed by atoms with Crippen molar-refractivity contribution in [1.82, 2.24) is 9.88 Å². The maximum absolute atomic E-state index is 5.73. The van der Waals surface area contributed by atoms with Crippen LogP contribution in [0.1, 0.15) is 30.5 Å². The number of aromatic nitrogens is 1. The summed E-state index contributed by atoms with van der Waals surface area (Å²) in [6, 6.07) is 0. The molecule has 0 saturated carbocycles. The number of hydrogen-bond acceptors (Lipinski definition) is 4. The van der Waals surface area contributed by atoms with Crippen molar-refractivity contribution >= 4 is 22.9 Å². The molecule has 0 fully saturated rings. The second-order valence-electron chi connectivity index (χ2n) is 4.32. The van der Waals surface area contributed by atoms with Gasteiger partial charge in [0.15, 0.2) is 0 Å². The van der Waals surface area contributed by atoms with Crippen LogP contribution in [0.15, 0.2) is 5.38 Å². The Morgan fingerprint density at radius 1 is 1.39 bits per heavy atom. The van der Waals surface area contributed by atoms with E-state index in [9.17, 15) is 0 Å². The van der Waals surface area contributed by atoms with Crippen molar-refractivity contribution in [2.75, 3.05) is 33.4 Å². The molecule has 1 aromatic rings. The van der Waals surface area contributed by atoms with E-state index in [1.54, 1.807) is 11.3 Å². The molecular formula is C13H23ClN2OS. The highest BCUT2D eigenvalue weighted by Crippen LogP contribution is 2.14. The number of hydrogen-bond donors (Lipinski definition) is 0. The molecule has 0 radical (unpaired) electrons. The van der Waals surface area contributed by atoms with Crippen LogP contribution in [-0.2, 0) is 17.0 Å². The standard InChI is InChI=1S/C13H23ClN2OS/c1-3-17-9-8-16(2)7-5-4-6-13-15-12(10-14)11-18-13/h11H,3-10H2,1-2H3. The summed E-state index contributed by atoms with van der Waals surface area (Å²) in [5, 5.41) is 3.26. The third-order valence-electron chi connectivity index (χ3n) is 2.74. The number of rotatable bonds is 10. The largest absolute Gasteiger partial charge is 0.380 e. The van der Waals surface area contributed by atoms with Crippen molar-refractivity contribution < 1.29 is 4.74 Å². The van der Waals surface area contributed by atoms with Gasteiger partial charge in [-0.25, -0.2) is 4.98 Å². The van der Waals surface area contributed by atoms with E-state index >= 15 is 0 Å². The molecule has 0 atom stereocenters. The fourth-order valence-electron chi connectivity index (χ4n) is 1.66. The average molecular weight is 291 g/mol. The van der Waals surface area contributed by atoms with E-state index in [1.807, 2.05) is 6.92 Å². The van der Waals surface area contributed by atoms with Crippen LogP contribution in [0.25, 0.3) is 0 Å². The number of ether oxygens (including phenoxy) is 1. The molecule has 0 unspecified atom stereocenters. The monoisotopic (exact) mass is 290 g/mol. The molecule has 0 amide bonds. The normalized spacial score (nSPS) is 11.3. The third-order valence-corrected chi connectivity index (χ3v) is 3.97. The summed E-state index contributed by atoms with van der Waals surface area (Å²) in [6.07, 6.45) is 3.47. The Labute approximate surface area is 119 Å². The molecule has 0 N–H and O–H groups in total. The van der Waals surface area contributed by atoms with E-state index in [4.69, 9.17) is 16.3 Å². The number of nitrogens with zero attached hydrogens (tertiary/aromatic N) is 2. The first kappa shape index (κ1) is 15.9. The minimum atomic E-state index is 0.524. The van der Waals surface area contributed by atoms with Gasteiger partial charge in [0.05, 0.1) is 23.2 Å². The molecule has 0 saturated heterocycles. The molecular weight excluding hydrogens is 268 g/mol. The lowest BCUT2D eigenvalue weighted by molar-refractivity contribution is 0.121. The van der Waals surface area contributed by atoms with Crippen LogP contribution in [0.2, 0.25) is 0 Å². The maximum atomic E-state index is 5.73. The number of aryl methyl sites for hydroxylation is 1. The van der Waals surface area contributed by atoms with Crippen LogP contribution < -0.4 is 0 Å². The number of alkyl halides is 1. The van der Waals surface area contributed by atoms with E-state index < -0.39 is 0 Å². The SMILES string of the molecule is CCOCCN(C)CCCCc1nc(CCl)cs1. The fraction of sp³-hybridized carbons (Fsp3) is 0.769. The third kappa shape index (κ3) is 6.69. The van der Waals surface area contributed by atoms with Crippen LogP contribution in [0.3, 0.4) is 0 Å². The molecule has 0 aliphatic rings. The van der Waals surface area contributed by atoms with Crippen LogP contribution >= 0.6 is 22.9 Å². The molecule has 0 aliphatic heterocycles. The Bertz CT molecular complexity index is 320. The van der Waals surface area contributed by atoms with Gasteiger partial charge in [0, 0.05) is 18.5 Å². The second kappa shape index (κ2) is 9.73. The van der Waals surface area contributed by atoms with E-state index in [-0.39, 0.29) is 0 Å². The lowest BCUT2D eigenvalue weighted by atomic mass is 10.2. The topological polar surface area (TPSA) is 25.4 Å². The first-order valence-corrected chi connectivity index (χ1v) is 7.93. The fourth-order valence-corrected chi connectivity index (χ4v) is 2.73. The lowest BCUT2D eigenvalue weighted by Gasteiger charge is -2.15. The van der Waals surface area contributed by atoms with Gasteiger partial charge in [-0.3, -0.25) is 0 Å². The summed E-state index contributed by atoms with van der Waals surface area (Å²) in [5.41, 5.74) is 1.01.